The largest absolute Gasteiger partial charge is 0.475 e. The van der Waals surface area contributed by atoms with Crippen LogP contribution in [0.25, 0.3) is 11.2 Å². The average molecular weight is 178 g/mol. The number of nitrogens with zero attached hydrogens (tertiary/aromatic N) is 3. The molecule has 6 heteroatoms. The zero-order valence-corrected chi connectivity index (χ0v) is 6.77. The van der Waals surface area contributed by atoms with Gasteiger partial charge in [-0.3, -0.25) is 0 Å². The molecule has 2 heterocycles. The Morgan fingerprint density at radius 2 is 2.31 bits per heavy atom. The van der Waals surface area contributed by atoms with Crippen LogP contribution in [0.4, 0.5) is 0 Å². The Morgan fingerprint density at radius 3 is 3.00 bits per heavy atom. The molecule has 0 saturated heterocycles. The molecule has 6 nitrogen and oxygen atoms in total. The summed E-state index contributed by atoms with van der Waals surface area (Å²) in [5.41, 5.74) is 1.63. The maximum atomic E-state index is 10.6. The molecule has 13 heavy (non-hydrogen) atoms. The van der Waals surface area contributed by atoms with E-state index in [0.29, 0.717) is 16.9 Å². The van der Waals surface area contributed by atoms with E-state index in [9.17, 15) is 4.79 Å². The topological polar surface area (TPSA) is 91.8 Å². The van der Waals surface area contributed by atoms with E-state index in [4.69, 9.17) is 5.11 Å². The quantitative estimate of drug-likeness (QED) is 0.657. The second kappa shape index (κ2) is 2.51. The summed E-state index contributed by atoms with van der Waals surface area (Å²) >= 11 is 0. The molecule has 0 atom stereocenters. The fourth-order valence-corrected chi connectivity index (χ4v) is 1.07. The third-order valence-electron chi connectivity index (χ3n) is 1.66. The first kappa shape index (κ1) is 7.66. The average Bonchev–Trinajstić information content (AvgIpc) is 2.51. The highest BCUT2D eigenvalue weighted by Crippen LogP contribution is 2.09. The molecule has 0 fully saturated rings. The number of H-pyrrole nitrogens is 1. The molecule has 0 amide bonds. The lowest BCUT2D eigenvalue weighted by Gasteiger charge is -1.95. The first-order valence-electron chi connectivity index (χ1n) is 3.59. The smallest absolute Gasteiger partial charge is 0.374 e. The normalized spacial score (nSPS) is 10.5. The Hall–Kier alpha value is -1.98. The van der Waals surface area contributed by atoms with Gasteiger partial charge < -0.3 is 10.1 Å². The number of aromatic nitrogens is 4. The lowest BCUT2D eigenvalue weighted by Crippen LogP contribution is -2.05. The Bertz CT molecular complexity index is 476. The highest BCUT2D eigenvalue weighted by Gasteiger charge is 2.11. The Kier molecular flexibility index (Phi) is 1.48. The third kappa shape index (κ3) is 1.12. The number of hydrogen-bond donors (Lipinski definition) is 2. The van der Waals surface area contributed by atoms with Gasteiger partial charge in [0.15, 0.2) is 5.65 Å². The van der Waals surface area contributed by atoms with Crippen molar-refractivity contribution in [3.63, 3.8) is 0 Å². The minimum Gasteiger partial charge on any atom is -0.475 e. The van der Waals surface area contributed by atoms with Gasteiger partial charge in [-0.2, -0.15) is 0 Å². The molecule has 2 rings (SSSR count). The number of fused-ring (bicyclic) bond motifs is 1. The molecule has 0 aromatic carbocycles. The van der Waals surface area contributed by atoms with Crippen LogP contribution in [0.5, 0.6) is 0 Å². The van der Waals surface area contributed by atoms with Crippen molar-refractivity contribution in [2.75, 3.05) is 0 Å². The zero-order chi connectivity index (χ0) is 9.42. The van der Waals surface area contributed by atoms with Gasteiger partial charge in [-0.25, -0.2) is 19.7 Å². The molecular formula is C7H6N4O2. The summed E-state index contributed by atoms with van der Waals surface area (Å²) < 4.78 is 0. The highest BCUT2D eigenvalue weighted by molar-refractivity contribution is 5.86. The van der Waals surface area contributed by atoms with Crippen molar-refractivity contribution in [1.82, 2.24) is 19.9 Å². The van der Waals surface area contributed by atoms with E-state index in [1.807, 2.05) is 0 Å². The third-order valence-corrected chi connectivity index (χ3v) is 1.66. The monoisotopic (exact) mass is 178 g/mol. The Labute approximate surface area is 72.7 Å². The number of aryl methyl sites for hydroxylation is 1. The van der Waals surface area contributed by atoms with Gasteiger partial charge in [0.1, 0.15) is 5.52 Å². The summed E-state index contributed by atoms with van der Waals surface area (Å²) in [4.78, 5) is 24.8. The number of carbonyl (C=O) groups is 1. The van der Waals surface area contributed by atoms with E-state index in [0.717, 1.165) is 0 Å². The van der Waals surface area contributed by atoms with Crippen molar-refractivity contribution in [2.24, 2.45) is 0 Å². The first-order chi connectivity index (χ1) is 6.18. The fourth-order valence-electron chi connectivity index (χ4n) is 1.07. The van der Waals surface area contributed by atoms with Crippen molar-refractivity contribution in [3.8, 4) is 0 Å². The van der Waals surface area contributed by atoms with E-state index in [1.54, 1.807) is 6.92 Å². The minimum atomic E-state index is -1.15. The van der Waals surface area contributed by atoms with Gasteiger partial charge in [-0.05, 0) is 6.92 Å². The lowest BCUT2D eigenvalue weighted by molar-refractivity contribution is 0.0683. The molecule has 0 bridgehead atoms. The molecule has 66 valence electrons. The van der Waals surface area contributed by atoms with E-state index < -0.39 is 5.97 Å². The van der Waals surface area contributed by atoms with Gasteiger partial charge >= 0.3 is 5.97 Å². The van der Waals surface area contributed by atoms with Crippen molar-refractivity contribution in [1.29, 1.82) is 0 Å². The second-order valence-electron chi connectivity index (χ2n) is 2.54. The minimum absolute atomic E-state index is 0.225. The SMILES string of the molecule is Cc1nc(C(=O)O)nc2nc[nH]c12. The number of aromatic amines is 1. The maximum absolute atomic E-state index is 10.6. The van der Waals surface area contributed by atoms with Crippen LogP contribution in [0.1, 0.15) is 16.3 Å². The molecule has 0 spiro atoms. The molecule has 0 saturated carbocycles. The van der Waals surface area contributed by atoms with E-state index in [1.165, 1.54) is 6.33 Å². The Balaban J connectivity index is 2.77. The number of carboxylic acid groups (broad SMARTS) is 1. The van der Waals surface area contributed by atoms with E-state index in [-0.39, 0.29) is 5.82 Å². The Morgan fingerprint density at radius 1 is 1.54 bits per heavy atom. The number of aromatic carboxylic acids is 1. The molecule has 0 aliphatic rings. The van der Waals surface area contributed by atoms with Gasteiger partial charge in [0.2, 0.25) is 5.82 Å². The van der Waals surface area contributed by atoms with Crippen LogP contribution in [-0.2, 0) is 0 Å². The summed E-state index contributed by atoms with van der Waals surface area (Å²) in [5, 5.41) is 8.64. The molecule has 0 unspecified atom stereocenters. The maximum Gasteiger partial charge on any atom is 0.374 e. The zero-order valence-electron chi connectivity index (χ0n) is 6.77. The van der Waals surface area contributed by atoms with Gasteiger partial charge in [0.25, 0.3) is 0 Å². The van der Waals surface area contributed by atoms with Gasteiger partial charge in [-0.1, -0.05) is 0 Å². The standard InChI is InChI=1S/C7H6N4O2/c1-3-4-5(9-2-8-4)11-6(10-3)7(12)13/h2H,1H3,(H,12,13)(H,8,9,10,11). The summed E-state index contributed by atoms with van der Waals surface area (Å²) in [7, 11) is 0. The number of imidazole rings is 1. The molecule has 2 aromatic heterocycles. The van der Waals surface area contributed by atoms with Gasteiger partial charge in [0, 0.05) is 0 Å². The van der Waals surface area contributed by atoms with Crippen LogP contribution in [0.3, 0.4) is 0 Å². The van der Waals surface area contributed by atoms with Crippen molar-refractivity contribution in [3.05, 3.63) is 17.8 Å². The summed E-state index contributed by atoms with van der Waals surface area (Å²) in [5.74, 6) is -1.37. The van der Waals surface area contributed by atoms with Gasteiger partial charge in [-0.15, -0.1) is 0 Å². The number of carboxylic acids is 1. The van der Waals surface area contributed by atoms with Crippen molar-refractivity contribution < 1.29 is 9.90 Å². The van der Waals surface area contributed by atoms with Crippen LogP contribution in [0.2, 0.25) is 0 Å². The predicted octanol–water partition coefficient (Wildman–Crippen LogP) is 0.360. The number of nitrogens with one attached hydrogen (secondary N) is 1. The van der Waals surface area contributed by atoms with Crippen molar-refractivity contribution in [2.45, 2.75) is 6.92 Å². The molecular weight excluding hydrogens is 172 g/mol. The first-order valence-corrected chi connectivity index (χ1v) is 3.59. The molecule has 0 aliphatic heterocycles. The highest BCUT2D eigenvalue weighted by atomic mass is 16.4. The summed E-state index contributed by atoms with van der Waals surface area (Å²) in [6.45, 7) is 1.70. The fraction of sp³-hybridized carbons (Fsp3) is 0.143. The second-order valence-corrected chi connectivity index (χ2v) is 2.54. The molecule has 2 aromatic rings. The lowest BCUT2D eigenvalue weighted by atomic mass is 10.4. The summed E-state index contributed by atoms with van der Waals surface area (Å²) in [6.07, 6.45) is 1.46. The van der Waals surface area contributed by atoms with E-state index >= 15 is 0 Å². The van der Waals surface area contributed by atoms with Crippen LogP contribution < -0.4 is 0 Å². The van der Waals surface area contributed by atoms with Crippen LogP contribution in [0, 0.1) is 6.92 Å². The van der Waals surface area contributed by atoms with Gasteiger partial charge in [0.05, 0.1) is 12.0 Å². The van der Waals surface area contributed by atoms with E-state index in [2.05, 4.69) is 19.9 Å². The molecule has 2 N–H and O–H groups in total. The predicted molar refractivity (Wildman–Crippen MR) is 43.4 cm³/mol. The molecule has 0 radical (unpaired) electrons. The van der Waals surface area contributed by atoms with Crippen molar-refractivity contribution >= 4 is 17.1 Å². The van der Waals surface area contributed by atoms with Crippen LogP contribution >= 0.6 is 0 Å². The number of rotatable bonds is 1. The number of hydrogen-bond acceptors (Lipinski definition) is 4. The van der Waals surface area contributed by atoms with Crippen LogP contribution in [-0.4, -0.2) is 31.0 Å². The summed E-state index contributed by atoms with van der Waals surface area (Å²) in [6, 6.07) is 0. The van der Waals surface area contributed by atoms with Crippen LogP contribution in [0.15, 0.2) is 6.33 Å². The molecule has 0 aliphatic carbocycles.